The van der Waals surface area contributed by atoms with Crippen LogP contribution >= 0.6 is 22.9 Å². The summed E-state index contributed by atoms with van der Waals surface area (Å²) in [7, 11) is 0. The van der Waals surface area contributed by atoms with Gasteiger partial charge in [0.25, 0.3) is 0 Å². The first-order chi connectivity index (χ1) is 7.78. The third-order valence-corrected chi connectivity index (χ3v) is 4.41. The first-order valence-electron chi connectivity index (χ1n) is 5.95. The zero-order valence-electron chi connectivity index (χ0n) is 9.71. The molecule has 1 atom stereocenters. The zero-order valence-corrected chi connectivity index (χ0v) is 11.3. The topological polar surface area (TPSA) is 15.3 Å². The highest BCUT2D eigenvalue weighted by atomic mass is 35.5. The lowest BCUT2D eigenvalue weighted by Crippen LogP contribution is -2.25. The lowest BCUT2D eigenvalue weighted by atomic mass is 10.1. The van der Waals surface area contributed by atoms with Crippen molar-refractivity contribution in [3.05, 3.63) is 21.3 Å². The van der Waals surface area contributed by atoms with E-state index in [2.05, 4.69) is 23.2 Å². The van der Waals surface area contributed by atoms with Crippen LogP contribution in [-0.4, -0.2) is 31.1 Å². The normalized spacial score (nSPS) is 21.8. The maximum atomic E-state index is 5.89. The van der Waals surface area contributed by atoms with Gasteiger partial charge in [0.1, 0.15) is 0 Å². The molecule has 2 nitrogen and oxygen atoms in total. The predicted molar refractivity (Wildman–Crippen MR) is 71.3 cm³/mol. The minimum absolute atomic E-state index is 0.829. The molecule has 4 heteroatoms. The second-order valence-corrected chi connectivity index (χ2v) is 6.18. The van der Waals surface area contributed by atoms with E-state index >= 15 is 0 Å². The average Bonchev–Trinajstić information content (AvgIpc) is 2.88. The number of nitrogens with one attached hydrogen (secondary N) is 1. The number of likely N-dealkylation sites (tertiary alicyclic amines) is 1. The van der Waals surface area contributed by atoms with Crippen molar-refractivity contribution in [3.8, 4) is 0 Å². The van der Waals surface area contributed by atoms with Gasteiger partial charge in [-0.05, 0) is 44.1 Å². The fraction of sp³-hybridized carbons (Fsp3) is 0.667. The molecule has 1 aliphatic rings. The molecule has 1 aromatic heterocycles. The number of hydrogen-bond acceptors (Lipinski definition) is 3. The Morgan fingerprint density at radius 1 is 1.56 bits per heavy atom. The van der Waals surface area contributed by atoms with Gasteiger partial charge in [0.2, 0.25) is 0 Å². The minimum atomic E-state index is 0.829. The van der Waals surface area contributed by atoms with Crippen LogP contribution < -0.4 is 5.32 Å². The molecule has 0 radical (unpaired) electrons. The molecule has 0 saturated carbocycles. The van der Waals surface area contributed by atoms with E-state index in [0.717, 1.165) is 23.3 Å². The molecule has 0 bridgehead atoms. The van der Waals surface area contributed by atoms with E-state index in [1.807, 2.05) is 6.07 Å². The lowest BCUT2D eigenvalue weighted by molar-refractivity contribution is 0.339. The molecule has 1 aliphatic heterocycles. The summed E-state index contributed by atoms with van der Waals surface area (Å²) in [4.78, 5) is 3.85. The smallest absolute Gasteiger partial charge is 0.0931 e. The van der Waals surface area contributed by atoms with Gasteiger partial charge < -0.3 is 10.2 Å². The maximum absolute atomic E-state index is 5.89. The molecule has 1 unspecified atom stereocenters. The van der Waals surface area contributed by atoms with Crippen LogP contribution in [0.25, 0.3) is 0 Å². The standard InChI is InChI=1S/C12H19ClN2S/c1-2-15-6-5-10(9-15)7-14-8-11-3-4-12(13)16-11/h3-4,10,14H,2,5-9H2,1H3. The van der Waals surface area contributed by atoms with Crippen LogP contribution in [0.1, 0.15) is 18.2 Å². The van der Waals surface area contributed by atoms with Crippen molar-refractivity contribution in [2.24, 2.45) is 5.92 Å². The summed E-state index contributed by atoms with van der Waals surface area (Å²) in [6, 6.07) is 4.07. The Hall–Kier alpha value is -0.0900. The van der Waals surface area contributed by atoms with Crippen LogP contribution in [0.5, 0.6) is 0 Å². The highest BCUT2D eigenvalue weighted by Gasteiger charge is 2.20. The maximum Gasteiger partial charge on any atom is 0.0931 e. The third kappa shape index (κ3) is 3.45. The SMILES string of the molecule is CCN1CCC(CNCc2ccc(Cl)s2)C1. The highest BCUT2D eigenvalue weighted by molar-refractivity contribution is 7.16. The molecule has 16 heavy (non-hydrogen) atoms. The largest absolute Gasteiger partial charge is 0.312 e. The molecule has 1 aromatic rings. The van der Waals surface area contributed by atoms with Crippen LogP contribution in [0, 0.1) is 5.92 Å². The summed E-state index contributed by atoms with van der Waals surface area (Å²) in [6.07, 6.45) is 1.34. The third-order valence-electron chi connectivity index (χ3n) is 3.18. The van der Waals surface area contributed by atoms with Gasteiger partial charge in [-0.1, -0.05) is 18.5 Å². The van der Waals surface area contributed by atoms with Crippen LogP contribution in [-0.2, 0) is 6.54 Å². The van der Waals surface area contributed by atoms with Crippen LogP contribution in [0.2, 0.25) is 4.34 Å². The van der Waals surface area contributed by atoms with E-state index in [0.29, 0.717) is 0 Å². The van der Waals surface area contributed by atoms with Crippen LogP contribution in [0.3, 0.4) is 0 Å². The van der Waals surface area contributed by atoms with E-state index in [1.165, 1.54) is 30.9 Å². The van der Waals surface area contributed by atoms with Crippen molar-refractivity contribution in [2.75, 3.05) is 26.2 Å². The summed E-state index contributed by atoms with van der Waals surface area (Å²) in [5.41, 5.74) is 0. The zero-order chi connectivity index (χ0) is 11.4. The molecule has 90 valence electrons. The number of rotatable bonds is 5. The van der Waals surface area contributed by atoms with Gasteiger partial charge in [-0.2, -0.15) is 0 Å². The van der Waals surface area contributed by atoms with Gasteiger partial charge in [-0.3, -0.25) is 0 Å². The Morgan fingerprint density at radius 3 is 3.06 bits per heavy atom. The molecule has 0 aliphatic carbocycles. The summed E-state index contributed by atoms with van der Waals surface area (Å²) >= 11 is 7.56. The molecule has 1 saturated heterocycles. The predicted octanol–water partition coefficient (Wildman–Crippen LogP) is 2.83. The summed E-state index contributed by atoms with van der Waals surface area (Å²) in [5.74, 6) is 0.829. The second-order valence-electron chi connectivity index (χ2n) is 4.38. The molecular formula is C12H19ClN2S. The average molecular weight is 259 g/mol. The summed E-state index contributed by atoms with van der Waals surface area (Å²) in [6.45, 7) is 8.05. The van der Waals surface area contributed by atoms with E-state index in [1.54, 1.807) is 11.3 Å². The van der Waals surface area contributed by atoms with Crippen molar-refractivity contribution in [3.63, 3.8) is 0 Å². The molecule has 2 heterocycles. The van der Waals surface area contributed by atoms with Gasteiger partial charge in [-0.25, -0.2) is 0 Å². The highest BCUT2D eigenvalue weighted by Crippen LogP contribution is 2.21. The fourth-order valence-electron chi connectivity index (χ4n) is 2.21. The molecule has 0 spiro atoms. The van der Waals surface area contributed by atoms with E-state index in [9.17, 15) is 0 Å². The molecule has 0 aromatic carbocycles. The second kappa shape index (κ2) is 6.01. The van der Waals surface area contributed by atoms with Gasteiger partial charge in [0.15, 0.2) is 0 Å². The molecule has 1 fully saturated rings. The Balaban J connectivity index is 1.65. The molecule has 0 amide bonds. The van der Waals surface area contributed by atoms with Gasteiger partial charge in [0, 0.05) is 18.0 Å². The monoisotopic (exact) mass is 258 g/mol. The van der Waals surface area contributed by atoms with Crippen molar-refractivity contribution < 1.29 is 0 Å². The van der Waals surface area contributed by atoms with Crippen molar-refractivity contribution in [1.29, 1.82) is 0 Å². The fourth-order valence-corrected chi connectivity index (χ4v) is 3.27. The van der Waals surface area contributed by atoms with E-state index < -0.39 is 0 Å². The Bertz CT molecular complexity index is 327. The van der Waals surface area contributed by atoms with E-state index in [-0.39, 0.29) is 0 Å². The molecule has 2 rings (SSSR count). The number of hydrogen-bond donors (Lipinski definition) is 1. The number of thiophene rings is 1. The summed E-state index contributed by atoms with van der Waals surface area (Å²) < 4.78 is 0.884. The number of nitrogens with zero attached hydrogens (tertiary/aromatic N) is 1. The molecular weight excluding hydrogens is 240 g/mol. The Kier molecular flexibility index (Phi) is 4.65. The van der Waals surface area contributed by atoms with Gasteiger partial charge in [0.05, 0.1) is 4.34 Å². The van der Waals surface area contributed by atoms with Gasteiger partial charge in [-0.15, -0.1) is 11.3 Å². The first-order valence-corrected chi connectivity index (χ1v) is 7.14. The van der Waals surface area contributed by atoms with Gasteiger partial charge >= 0.3 is 0 Å². The van der Waals surface area contributed by atoms with Crippen LogP contribution in [0.15, 0.2) is 12.1 Å². The Labute approximate surface area is 107 Å². The van der Waals surface area contributed by atoms with Crippen molar-refractivity contribution >= 4 is 22.9 Å². The summed E-state index contributed by atoms with van der Waals surface area (Å²) in [5, 5.41) is 3.53. The molecule has 1 N–H and O–H groups in total. The van der Waals surface area contributed by atoms with Crippen molar-refractivity contribution in [2.45, 2.75) is 19.9 Å². The first kappa shape index (κ1) is 12.4. The van der Waals surface area contributed by atoms with E-state index in [4.69, 9.17) is 11.6 Å². The quantitative estimate of drug-likeness (QED) is 0.874. The van der Waals surface area contributed by atoms with Crippen molar-refractivity contribution in [1.82, 2.24) is 10.2 Å². The lowest BCUT2D eigenvalue weighted by Gasteiger charge is -2.13. The Morgan fingerprint density at radius 2 is 2.44 bits per heavy atom. The minimum Gasteiger partial charge on any atom is -0.312 e. The van der Waals surface area contributed by atoms with Crippen LogP contribution in [0.4, 0.5) is 0 Å². The number of halogens is 1.